The minimum absolute atomic E-state index is 0.0817. The number of nitrogens with zero attached hydrogens (tertiary/aromatic N) is 2. The second-order valence-electron chi connectivity index (χ2n) is 5.46. The van der Waals surface area contributed by atoms with Crippen LogP contribution in [0.3, 0.4) is 0 Å². The number of benzene rings is 1. The number of nitrogens with one attached hydrogen (secondary N) is 3. The Morgan fingerprint density at radius 3 is 2.62 bits per heavy atom. The average Bonchev–Trinajstić information content (AvgIpc) is 2.54. The molecule has 1 aromatic heterocycles. The van der Waals surface area contributed by atoms with Gasteiger partial charge in [0.1, 0.15) is 17.8 Å². The maximum atomic E-state index is 12.1. The summed E-state index contributed by atoms with van der Waals surface area (Å²) < 4.78 is 0. The Hall–Kier alpha value is -2.96. The third kappa shape index (κ3) is 5.05. The van der Waals surface area contributed by atoms with E-state index in [0.717, 1.165) is 12.1 Å². The first-order chi connectivity index (χ1) is 11.5. The van der Waals surface area contributed by atoms with E-state index in [4.69, 9.17) is 0 Å². The van der Waals surface area contributed by atoms with Crippen molar-refractivity contribution in [2.24, 2.45) is 0 Å². The van der Waals surface area contributed by atoms with E-state index >= 15 is 0 Å². The largest absolute Gasteiger partial charge is 0.348 e. The van der Waals surface area contributed by atoms with E-state index in [9.17, 15) is 9.59 Å². The third-order valence-electron chi connectivity index (χ3n) is 3.34. The van der Waals surface area contributed by atoms with Gasteiger partial charge in [-0.1, -0.05) is 13.0 Å². The Balaban J connectivity index is 2.12. The Kier molecular flexibility index (Phi) is 5.83. The van der Waals surface area contributed by atoms with Crippen LogP contribution in [-0.4, -0.2) is 27.8 Å². The number of aromatic nitrogens is 2. The predicted octanol–water partition coefficient (Wildman–Crippen LogP) is 2.71. The first-order valence-electron chi connectivity index (χ1n) is 7.75. The number of amides is 2. The second-order valence-corrected chi connectivity index (χ2v) is 5.46. The summed E-state index contributed by atoms with van der Waals surface area (Å²) in [6.45, 7) is 5.39. The van der Waals surface area contributed by atoms with Gasteiger partial charge in [-0.2, -0.15) is 0 Å². The van der Waals surface area contributed by atoms with E-state index in [0.29, 0.717) is 17.2 Å². The maximum absolute atomic E-state index is 12.1. The van der Waals surface area contributed by atoms with Gasteiger partial charge in [0, 0.05) is 30.4 Å². The van der Waals surface area contributed by atoms with Crippen molar-refractivity contribution in [1.29, 1.82) is 0 Å². The summed E-state index contributed by atoms with van der Waals surface area (Å²) in [5.74, 6) is 0.124. The molecule has 2 rings (SSSR count). The van der Waals surface area contributed by atoms with Crippen LogP contribution in [0.2, 0.25) is 0 Å². The summed E-state index contributed by atoms with van der Waals surface area (Å²) in [6, 6.07) is 8.89. The van der Waals surface area contributed by atoms with Crippen LogP contribution in [-0.2, 0) is 4.79 Å². The fourth-order valence-electron chi connectivity index (χ4n) is 1.98. The first-order valence-corrected chi connectivity index (χ1v) is 7.75. The van der Waals surface area contributed by atoms with Gasteiger partial charge in [-0.15, -0.1) is 0 Å². The number of hydrogen-bond acceptors (Lipinski definition) is 5. The molecule has 3 N–H and O–H groups in total. The number of carbonyl (C=O) groups excluding carboxylic acids is 2. The van der Waals surface area contributed by atoms with Crippen LogP contribution < -0.4 is 16.0 Å². The van der Waals surface area contributed by atoms with E-state index in [1.807, 2.05) is 26.0 Å². The lowest BCUT2D eigenvalue weighted by molar-refractivity contribution is -0.114. The molecule has 1 heterocycles. The topological polar surface area (TPSA) is 96.0 Å². The van der Waals surface area contributed by atoms with Crippen molar-refractivity contribution in [3.05, 3.63) is 42.4 Å². The van der Waals surface area contributed by atoms with Crippen molar-refractivity contribution in [1.82, 2.24) is 15.3 Å². The molecule has 0 saturated heterocycles. The summed E-state index contributed by atoms with van der Waals surface area (Å²) in [5.41, 5.74) is 1.72. The van der Waals surface area contributed by atoms with Crippen LogP contribution in [0.5, 0.6) is 0 Å². The zero-order valence-corrected chi connectivity index (χ0v) is 14.0. The fraction of sp³-hybridized carbons (Fsp3) is 0.294. The van der Waals surface area contributed by atoms with Gasteiger partial charge < -0.3 is 16.0 Å². The molecule has 126 valence electrons. The number of anilines is 3. The van der Waals surface area contributed by atoms with Gasteiger partial charge in [0.05, 0.1) is 0 Å². The lowest BCUT2D eigenvalue weighted by Gasteiger charge is -2.12. The van der Waals surface area contributed by atoms with E-state index < -0.39 is 0 Å². The van der Waals surface area contributed by atoms with Crippen molar-refractivity contribution in [3.8, 4) is 0 Å². The monoisotopic (exact) mass is 327 g/mol. The predicted molar refractivity (Wildman–Crippen MR) is 93.3 cm³/mol. The Morgan fingerprint density at radius 1 is 1.17 bits per heavy atom. The Labute approximate surface area is 140 Å². The molecular formula is C17H21N5O2. The van der Waals surface area contributed by atoms with Gasteiger partial charge in [0.15, 0.2) is 0 Å². The molecule has 24 heavy (non-hydrogen) atoms. The highest BCUT2D eigenvalue weighted by molar-refractivity contribution is 5.93. The lowest BCUT2D eigenvalue weighted by Crippen LogP contribution is -2.32. The molecule has 0 saturated carbocycles. The molecule has 0 spiro atoms. The molecule has 0 radical (unpaired) electrons. The van der Waals surface area contributed by atoms with Crippen molar-refractivity contribution in [2.45, 2.75) is 33.2 Å². The van der Waals surface area contributed by atoms with Gasteiger partial charge in [-0.3, -0.25) is 9.59 Å². The van der Waals surface area contributed by atoms with Crippen LogP contribution in [0, 0.1) is 0 Å². The van der Waals surface area contributed by atoms with Crippen molar-refractivity contribution in [2.75, 3.05) is 10.6 Å². The molecule has 0 fully saturated rings. The van der Waals surface area contributed by atoms with Gasteiger partial charge in [0.25, 0.3) is 5.91 Å². The molecule has 0 aliphatic heterocycles. The summed E-state index contributed by atoms with van der Waals surface area (Å²) >= 11 is 0. The van der Waals surface area contributed by atoms with E-state index in [1.165, 1.54) is 13.3 Å². The van der Waals surface area contributed by atoms with E-state index in [-0.39, 0.29) is 17.9 Å². The van der Waals surface area contributed by atoms with Gasteiger partial charge in [-0.05, 0) is 31.5 Å². The highest BCUT2D eigenvalue weighted by Crippen LogP contribution is 2.19. The van der Waals surface area contributed by atoms with Crippen LogP contribution in [0.4, 0.5) is 17.2 Å². The average molecular weight is 327 g/mol. The van der Waals surface area contributed by atoms with Crippen molar-refractivity contribution < 1.29 is 9.59 Å². The summed E-state index contributed by atoms with van der Waals surface area (Å²) in [5, 5.41) is 8.67. The zero-order chi connectivity index (χ0) is 17.5. The van der Waals surface area contributed by atoms with Crippen molar-refractivity contribution in [3.63, 3.8) is 0 Å². The molecule has 1 atom stereocenters. The molecular weight excluding hydrogens is 306 g/mol. The van der Waals surface area contributed by atoms with Crippen LogP contribution >= 0.6 is 0 Å². The quantitative estimate of drug-likeness (QED) is 0.758. The summed E-state index contributed by atoms with van der Waals surface area (Å²) in [4.78, 5) is 31.4. The van der Waals surface area contributed by atoms with Crippen LogP contribution in [0.15, 0.2) is 36.7 Å². The lowest BCUT2D eigenvalue weighted by atomic mass is 10.2. The molecule has 1 aromatic carbocycles. The molecule has 0 bridgehead atoms. The molecule has 2 aromatic rings. The Bertz CT molecular complexity index is 732. The standard InChI is InChI=1S/C17H21N5O2/c1-4-11(2)20-17(24)15-9-16(19-10-18-15)22-14-7-5-6-13(8-14)21-12(3)23/h5-11H,4H2,1-3H3,(H,20,24)(H,21,23)(H,18,19,22). The van der Waals surface area contributed by atoms with Gasteiger partial charge in [-0.25, -0.2) is 9.97 Å². The molecule has 0 aliphatic rings. The van der Waals surface area contributed by atoms with Crippen molar-refractivity contribution >= 4 is 29.0 Å². The minimum Gasteiger partial charge on any atom is -0.348 e. The molecule has 2 amide bonds. The van der Waals surface area contributed by atoms with Gasteiger partial charge >= 0.3 is 0 Å². The normalized spacial score (nSPS) is 11.5. The first kappa shape index (κ1) is 17.4. The Morgan fingerprint density at radius 2 is 1.92 bits per heavy atom. The molecule has 0 aliphatic carbocycles. The minimum atomic E-state index is -0.234. The highest BCUT2D eigenvalue weighted by Gasteiger charge is 2.11. The third-order valence-corrected chi connectivity index (χ3v) is 3.34. The highest BCUT2D eigenvalue weighted by atomic mass is 16.2. The molecule has 1 unspecified atom stereocenters. The molecule has 7 nitrogen and oxygen atoms in total. The van der Waals surface area contributed by atoms with Crippen LogP contribution in [0.25, 0.3) is 0 Å². The summed E-state index contributed by atoms with van der Waals surface area (Å²) in [7, 11) is 0. The summed E-state index contributed by atoms with van der Waals surface area (Å²) in [6.07, 6.45) is 2.18. The van der Waals surface area contributed by atoms with E-state index in [2.05, 4.69) is 25.9 Å². The molecule has 7 heteroatoms. The number of hydrogen-bond donors (Lipinski definition) is 3. The second kappa shape index (κ2) is 8.05. The fourth-order valence-corrected chi connectivity index (χ4v) is 1.98. The SMILES string of the molecule is CCC(C)NC(=O)c1cc(Nc2cccc(NC(C)=O)c2)ncn1. The van der Waals surface area contributed by atoms with E-state index in [1.54, 1.807) is 18.2 Å². The zero-order valence-electron chi connectivity index (χ0n) is 14.0. The maximum Gasteiger partial charge on any atom is 0.270 e. The van der Waals surface area contributed by atoms with Crippen LogP contribution in [0.1, 0.15) is 37.7 Å². The number of carbonyl (C=O) groups is 2. The number of rotatable bonds is 6. The smallest absolute Gasteiger partial charge is 0.270 e. The van der Waals surface area contributed by atoms with Gasteiger partial charge in [0.2, 0.25) is 5.91 Å².